The van der Waals surface area contributed by atoms with E-state index in [4.69, 9.17) is 0 Å². The smallest absolute Gasteiger partial charge is 0.251 e. The maximum Gasteiger partial charge on any atom is 0.251 e. The Morgan fingerprint density at radius 2 is 2.04 bits per heavy atom. The largest absolute Gasteiger partial charge is 0.369 e. The topological polar surface area (TPSA) is 82.7 Å². The van der Waals surface area contributed by atoms with Gasteiger partial charge in [0.25, 0.3) is 5.91 Å². The van der Waals surface area contributed by atoms with Crippen LogP contribution >= 0.6 is 11.3 Å². The van der Waals surface area contributed by atoms with Crippen LogP contribution in [0.15, 0.2) is 42.6 Å². The van der Waals surface area contributed by atoms with Crippen LogP contribution in [0.2, 0.25) is 0 Å². The van der Waals surface area contributed by atoms with Crippen LogP contribution in [0.5, 0.6) is 0 Å². The summed E-state index contributed by atoms with van der Waals surface area (Å²) in [7, 11) is 0. The number of aromatic amines is 1. The van der Waals surface area contributed by atoms with E-state index in [9.17, 15) is 9.18 Å². The number of fused-ring (bicyclic) bond motifs is 3. The summed E-state index contributed by atoms with van der Waals surface area (Å²) in [5, 5.41) is 14.2. The Kier molecular flexibility index (Phi) is 3.84. The molecular weight excluding hydrogens is 353 g/mol. The van der Waals surface area contributed by atoms with Crippen LogP contribution in [0.25, 0.3) is 21.1 Å². The number of aromatic nitrogens is 3. The molecule has 2 heterocycles. The summed E-state index contributed by atoms with van der Waals surface area (Å²) in [5.41, 5.74) is 0.960. The van der Waals surface area contributed by atoms with Crippen molar-refractivity contribution < 1.29 is 9.18 Å². The van der Waals surface area contributed by atoms with Gasteiger partial charge in [-0.05, 0) is 38.1 Å². The molecule has 3 N–H and O–H groups in total. The summed E-state index contributed by atoms with van der Waals surface area (Å²) >= 11 is 1.38. The normalized spacial score (nSPS) is 11.8. The number of benzene rings is 2. The van der Waals surface area contributed by atoms with E-state index in [1.165, 1.54) is 17.4 Å². The molecule has 0 atom stereocenters. The van der Waals surface area contributed by atoms with Crippen LogP contribution in [-0.4, -0.2) is 26.6 Å². The monoisotopic (exact) mass is 369 g/mol. The lowest BCUT2D eigenvalue weighted by Crippen LogP contribution is -2.44. The van der Waals surface area contributed by atoms with Crippen molar-refractivity contribution in [2.75, 3.05) is 10.6 Å². The standard InChI is InChI=1S/C18H16FN5OS/c1-18(2,23-13-6-4-3-5-11(13)19)16(25)22-17-21-14-8-7-12-10(9-20-24-12)15(14)26-17/h3-9,23H,1-2H3,(H,20,24)(H,21,22,25). The van der Waals surface area contributed by atoms with Gasteiger partial charge in [-0.15, -0.1) is 0 Å². The fourth-order valence-electron chi connectivity index (χ4n) is 2.67. The van der Waals surface area contributed by atoms with Gasteiger partial charge in [-0.25, -0.2) is 9.37 Å². The number of rotatable bonds is 4. The van der Waals surface area contributed by atoms with Gasteiger partial charge in [0, 0.05) is 5.39 Å². The van der Waals surface area contributed by atoms with Gasteiger partial charge in [0.05, 0.1) is 27.6 Å². The lowest BCUT2D eigenvalue weighted by molar-refractivity contribution is -0.119. The van der Waals surface area contributed by atoms with E-state index in [0.717, 1.165) is 21.1 Å². The van der Waals surface area contributed by atoms with E-state index in [1.54, 1.807) is 38.2 Å². The molecule has 0 aliphatic carbocycles. The van der Waals surface area contributed by atoms with Crippen molar-refractivity contribution in [3.05, 3.63) is 48.4 Å². The van der Waals surface area contributed by atoms with Crippen LogP contribution in [0, 0.1) is 5.82 Å². The third-order valence-electron chi connectivity index (χ3n) is 4.08. The predicted octanol–water partition coefficient (Wildman–Crippen LogP) is 4.14. The average Bonchev–Trinajstić information content (AvgIpc) is 3.22. The molecule has 0 spiro atoms. The third kappa shape index (κ3) is 2.88. The summed E-state index contributed by atoms with van der Waals surface area (Å²) in [6, 6.07) is 10.0. The highest BCUT2D eigenvalue weighted by molar-refractivity contribution is 7.23. The van der Waals surface area contributed by atoms with Gasteiger partial charge >= 0.3 is 0 Å². The quantitative estimate of drug-likeness (QED) is 0.505. The number of para-hydroxylation sites is 1. The lowest BCUT2D eigenvalue weighted by Gasteiger charge is -2.26. The van der Waals surface area contributed by atoms with Gasteiger partial charge in [0.2, 0.25) is 0 Å². The van der Waals surface area contributed by atoms with E-state index in [1.807, 2.05) is 12.1 Å². The molecule has 1 amide bonds. The minimum absolute atomic E-state index is 0.275. The average molecular weight is 369 g/mol. The molecular formula is C18H16FN5OS. The molecule has 6 nitrogen and oxygen atoms in total. The Labute approximate surface area is 152 Å². The minimum Gasteiger partial charge on any atom is -0.369 e. The molecule has 0 aliphatic rings. The molecule has 0 unspecified atom stereocenters. The van der Waals surface area contributed by atoms with Crippen molar-refractivity contribution in [1.82, 2.24) is 15.2 Å². The highest BCUT2D eigenvalue weighted by Gasteiger charge is 2.29. The molecule has 0 bridgehead atoms. The van der Waals surface area contributed by atoms with Crippen LogP contribution in [-0.2, 0) is 4.79 Å². The van der Waals surface area contributed by atoms with Crippen LogP contribution < -0.4 is 10.6 Å². The molecule has 2 aromatic carbocycles. The van der Waals surface area contributed by atoms with Gasteiger partial charge in [-0.1, -0.05) is 23.5 Å². The highest BCUT2D eigenvalue weighted by Crippen LogP contribution is 2.32. The zero-order valence-corrected chi connectivity index (χ0v) is 14.9. The molecule has 0 fully saturated rings. The Morgan fingerprint density at radius 1 is 1.23 bits per heavy atom. The number of amides is 1. The lowest BCUT2D eigenvalue weighted by atomic mass is 10.0. The molecule has 4 rings (SSSR count). The molecule has 0 saturated carbocycles. The summed E-state index contributed by atoms with van der Waals surface area (Å²) in [6.07, 6.45) is 1.74. The van der Waals surface area contributed by atoms with Crippen molar-refractivity contribution in [3.63, 3.8) is 0 Å². The first-order valence-corrected chi connectivity index (χ1v) is 8.82. The molecule has 2 aromatic heterocycles. The fraction of sp³-hybridized carbons (Fsp3) is 0.167. The molecule has 8 heteroatoms. The van der Waals surface area contributed by atoms with Crippen molar-refractivity contribution >= 4 is 49.2 Å². The zero-order valence-electron chi connectivity index (χ0n) is 14.1. The number of nitrogens with zero attached hydrogens (tertiary/aromatic N) is 2. The second-order valence-electron chi connectivity index (χ2n) is 6.45. The van der Waals surface area contributed by atoms with E-state index < -0.39 is 11.4 Å². The van der Waals surface area contributed by atoms with Gasteiger partial charge in [-0.2, -0.15) is 5.10 Å². The number of nitrogens with one attached hydrogen (secondary N) is 3. The number of hydrogen-bond acceptors (Lipinski definition) is 5. The summed E-state index contributed by atoms with van der Waals surface area (Å²) in [4.78, 5) is 17.2. The van der Waals surface area contributed by atoms with E-state index in [-0.39, 0.29) is 11.6 Å². The van der Waals surface area contributed by atoms with Crippen molar-refractivity contribution in [3.8, 4) is 0 Å². The Hall–Kier alpha value is -3.00. The predicted molar refractivity (Wildman–Crippen MR) is 102 cm³/mol. The number of H-pyrrole nitrogens is 1. The number of carbonyl (C=O) groups excluding carboxylic acids is 1. The summed E-state index contributed by atoms with van der Waals surface area (Å²) < 4.78 is 14.8. The number of thiazole rings is 1. The van der Waals surface area contributed by atoms with Crippen molar-refractivity contribution in [2.24, 2.45) is 0 Å². The SMILES string of the molecule is CC(C)(Nc1ccccc1F)C(=O)Nc1nc2ccc3[nH]ncc3c2s1. The van der Waals surface area contributed by atoms with Crippen molar-refractivity contribution in [2.45, 2.75) is 19.4 Å². The fourth-order valence-corrected chi connectivity index (χ4v) is 3.64. The molecule has 26 heavy (non-hydrogen) atoms. The second kappa shape index (κ2) is 6.06. The van der Waals surface area contributed by atoms with E-state index in [0.29, 0.717) is 5.13 Å². The number of anilines is 2. The van der Waals surface area contributed by atoms with Gasteiger partial charge in [-0.3, -0.25) is 15.2 Å². The molecule has 132 valence electrons. The number of hydrogen-bond donors (Lipinski definition) is 3. The maximum atomic E-state index is 13.9. The highest BCUT2D eigenvalue weighted by atomic mass is 32.1. The molecule has 0 saturated heterocycles. The minimum atomic E-state index is -1.02. The Balaban J connectivity index is 1.59. The zero-order chi connectivity index (χ0) is 18.3. The number of carbonyl (C=O) groups is 1. The van der Waals surface area contributed by atoms with Gasteiger partial charge < -0.3 is 5.32 Å². The molecule has 4 aromatic rings. The van der Waals surface area contributed by atoms with Crippen molar-refractivity contribution in [1.29, 1.82) is 0 Å². The van der Waals surface area contributed by atoms with Gasteiger partial charge in [0.15, 0.2) is 5.13 Å². The van der Waals surface area contributed by atoms with Gasteiger partial charge in [0.1, 0.15) is 11.4 Å². The van der Waals surface area contributed by atoms with Crippen LogP contribution in [0.1, 0.15) is 13.8 Å². The Bertz CT molecular complexity index is 1120. The first kappa shape index (κ1) is 16.5. The third-order valence-corrected chi connectivity index (χ3v) is 5.10. The first-order chi connectivity index (χ1) is 12.4. The second-order valence-corrected chi connectivity index (χ2v) is 7.45. The van der Waals surface area contributed by atoms with E-state index >= 15 is 0 Å². The molecule has 0 aliphatic heterocycles. The summed E-state index contributed by atoms with van der Waals surface area (Å²) in [5.74, 6) is -0.709. The maximum absolute atomic E-state index is 13.9. The summed E-state index contributed by atoms with van der Waals surface area (Å²) in [6.45, 7) is 3.38. The van der Waals surface area contributed by atoms with E-state index in [2.05, 4.69) is 25.8 Å². The number of halogens is 1. The first-order valence-electron chi connectivity index (χ1n) is 8.01. The molecule has 0 radical (unpaired) electrons. The van der Waals surface area contributed by atoms with Crippen LogP contribution in [0.3, 0.4) is 0 Å². The van der Waals surface area contributed by atoms with Crippen LogP contribution in [0.4, 0.5) is 15.2 Å². The Morgan fingerprint density at radius 3 is 2.85 bits per heavy atom.